The molecular weight excluding hydrogens is 419 g/mol. The lowest BCUT2D eigenvalue weighted by atomic mass is 9.78. The number of nitrogens with one attached hydrogen (secondary N) is 1. The highest BCUT2D eigenvalue weighted by Gasteiger charge is 2.35. The highest BCUT2D eigenvalue weighted by molar-refractivity contribution is 6.14. The van der Waals surface area contributed by atoms with E-state index in [0.29, 0.717) is 24.6 Å². The van der Waals surface area contributed by atoms with Gasteiger partial charge in [0.2, 0.25) is 5.91 Å². The molecule has 3 rings (SSSR count). The molecule has 1 unspecified atom stereocenters. The minimum absolute atomic E-state index is 0.0248. The first-order valence-electron chi connectivity index (χ1n) is 11.0. The molecule has 1 saturated carbocycles. The van der Waals surface area contributed by atoms with E-state index in [2.05, 4.69) is 33.5 Å². The molecule has 8 heteroatoms. The Kier molecular flexibility index (Phi) is 8.28. The second-order valence-corrected chi connectivity index (χ2v) is 8.37. The van der Waals surface area contributed by atoms with Crippen LogP contribution in [0.25, 0.3) is 0 Å². The van der Waals surface area contributed by atoms with Crippen LogP contribution in [-0.2, 0) is 11.3 Å². The van der Waals surface area contributed by atoms with Gasteiger partial charge in [0, 0.05) is 18.8 Å². The van der Waals surface area contributed by atoms with Gasteiger partial charge in [0.15, 0.2) is 0 Å². The van der Waals surface area contributed by atoms with Crippen molar-refractivity contribution in [1.82, 2.24) is 5.32 Å². The van der Waals surface area contributed by atoms with Crippen molar-refractivity contribution < 1.29 is 9.18 Å². The summed E-state index contributed by atoms with van der Waals surface area (Å²) in [6, 6.07) is 18.2. The molecule has 1 amide bonds. The van der Waals surface area contributed by atoms with Crippen LogP contribution in [0.15, 0.2) is 64.6 Å². The lowest BCUT2D eigenvalue weighted by Gasteiger charge is -2.36. The van der Waals surface area contributed by atoms with E-state index in [0.717, 1.165) is 19.4 Å². The largest absolute Gasteiger partial charge is 0.386 e. The molecule has 1 atom stereocenters. The van der Waals surface area contributed by atoms with Gasteiger partial charge in [-0.05, 0) is 55.5 Å². The number of rotatable bonds is 9. The fourth-order valence-electron chi connectivity index (χ4n) is 3.98. The van der Waals surface area contributed by atoms with Crippen molar-refractivity contribution >= 4 is 23.6 Å². The van der Waals surface area contributed by atoms with Crippen molar-refractivity contribution in [2.45, 2.75) is 50.2 Å². The zero-order chi connectivity index (χ0) is 23.7. The molecular formula is C25H29FN6O. The van der Waals surface area contributed by atoms with E-state index in [1.807, 2.05) is 18.2 Å². The standard InChI is InChI=1S/C25H29FN6O/c26-19-6-8-21(9-7-19)32-23(28)22(24(29)33)17-31-25(14-15-27)12-10-20(11-13-25)30-16-18-4-2-1-3-5-18/h1-9,17,20,22,30H,10-14,16H2,(H2,28,32)(H2,29,33). The molecule has 172 valence electrons. The fraction of sp³-hybridized carbons (Fsp3) is 0.360. The van der Waals surface area contributed by atoms with E-state index in [4.69, 9.17) is 11.5 Å². The van der Waals surface area contributed by atoms with Gasteiger partial charge in [-0.2, -0.15) is 5.26 Å². The van der Waals surface area contributed by atoms with Crippen LogP contribution in [-0.4, -0.2) is 29.5 Å². The molecule has 1 aliphatic rings. The van der Waals surface area contributed by atoms with Crippen LogP contribution in [0.3, 0.4) is 0 Å². The third-order valence-electron chi connectivity index (χ3n) is 5.97. The van der Waals surface area contributed by atoms with Crippen molar-refractivity contribution in [1.29, 1.82) is 5.26 Å². The highest BCUT2D eigenvalue weighted by Crippen LogP contribution is 2.35. The summed E-state index contributed by atoms with van der Waals surface area (Å²) in [4.78, 5) is 20.9. The summed E-state index contributed by atoms with van der Waals surface area (Å²) in [6.07, 6.45) is 4.82. The number of carbonyl (C=O) groups excluding carboxylic acids is 1. The highest BCUT2D eigenvalue weighted by atomic mass is 19.1. The molecule has 33 heavy (non-hydrogen) atoms. The molecule has 1 fully saturated rings. The summed E-state index contributed by atoms with van der Waals surface area (Å²) >= 11 is 0. The summed E-state index contributed by atoms with van der Waals surface area (Å²) in [5.41, 5.74) is 12.6. The molecule has 2 aromatic rings. The fourth-order valence-corrected chi connectivity index (χ4v) is 3.98. The molecule has 0 heterocycles. The Morgan fingerprint density at radius 3 is 2.45 bits per heavy atom. The first-order valence-corrected chi connectivity index (χ1v) is 11.0. The Morgan fingerprint density at radius 2 is 1.85 bits per heavy atom. The van der Waals surface area contributed by atoms with Crippen LogP contribution in [0.1, 0.15) is 37.7 Å². The van der Waals surface area contributed by atoms with Crippen LogP contribution < -0.4 is 16.8 Å². The van der Waals surface area contributed by atoms with Gasteiger partial charge in [0.25, 0.3) is 0 Å². The number of amides is 1. The monoisotopic (exact) mass is 448 g/mol. The average Bonchev–Trinajstić information content (AvgIpc) is 2.81. The quantitative estimate of drug-likeness (QED) is 0.401. The normalized spacial score (nSPS) is 22.1. The minimum Gasteiger partial charge on any atom is -0.386 e. The van der Waals surface area contributed by atoms with Crippen LogP contribution >= 0.6 is 0 Å². The number of amidine groups is 1. The predicted molar refractivity (Wildman–Crippen MR) is 127 cm³/mol. The Balaban J connectivity index is 1.66. The van der Waals surface area contributed by atoms with Crippen molar-refractivity contribution in [3.05, 3.63) is 66.0 Å². The van der Waals surface area contributed by atoms with E-state index < -0.39 is 23.2 Å². The summed E-state index contributed by atoms with van der Waals surface area (Å²) in [5.74, 6) is -2.12. The van der Waals surface area contributed by atoms with Gasteiger partial charge in [-0.15, -0.1) is 0 Å². The van der Waals surface area contributed by atoms with E-state index in [9.17, 15) is 14.4 Å². The molecule has 7 nitrogen and oxygen atoms in total. The van der Waals surface area contributed by atoms with E-state index in [1.165, 1.54) is 36.0 Å². The summed E-state index contributed by atoms with van der Waals surface area (Å²) in [7, 11) is 0. The van der Waals surface area contributed by atoms with E-state index in [-0.39, 0.29) is 12.3 Å². The number of carbonyl (C=O) groups is 1. The Morgan fingerprint density at radius 1 is 1.18 bits per heavy atom. The van der Waals surface area contributed by atoms with Gasteiger partial charge in [0.05, 0.1) is 23.7 Å². The van der Waals surface area contributed by atoms with Crippen molar-refractivity contribution in [2.75, 3.05) is 0 Å². The Hall–Kier alpha value is -3.57. The number of primary amides is 1. The number of hydrogen-bond acceptors (Lipinski definition) is 5. The average molecular weight is 449 g/mol. The number of hydrogen-bond donors (Lipinski definition) is 3. The first kappa shape index (κ1) is 24.1. The van der Waals surface area contributed by atoms with Crippen molar-refractivity contribution in [2.24, 2.45) is 27.4 Å². The first-order chi connectivity index (χ1) is 15.9. The van der Waals surface area contributed by atoms with E-state index >= 15 is 0 Å². The SMILES string of the molecule is N#CCC1(N=CC(C(N)=O)C(N)=Nc2ccc(F)cc2)CCC(NCc2ccccc2)CC1. The number of benzene rings is 2. The molecule has 0 saturated heterocycles. The van der Waals surface area contributed by atoms with Gasteiger partial charge in [-0.1, -0.05) is 30.3 Å². The molecule has 0 aliphatic heterocycles. The number of nitriles is 1. The Labute approximate surface area is 193 Å². The van der Waals surface area contributed by atoms with Crippen LogP contribution in [0.5, 0.6) is 0 Å². The second-order valence-electron chi connectivity index (χ2n) is 8.37. The van der Waals surface area contributed by atoms with Gasteiger partial charge in [-0.25, -0.2) is 9.38 Å². The van der Waals surface area contributed by atoms with Crippen LogP contribution in [0, 0.1) is 23.1 Å². The zero-order valence-electron chi connectivity index (χ0n) is 18.5. The van der Waals surface area contributed by atoms with Crippen LogP contribution in [0.4, 0.5) is 10.1 Å². The molecule has 0 radical (unpaired) electrons. The van der Waals surface area contributed by atoms with Gasteiger partial charge in [0.1, 0.15) is 17.6 Å². The van der Waals surface area contributed by atoms with Crippen LogP contribution in [0.2, 0.25) is 0 Å². The lowest BCUT2D eigenvalue weighted by molar-refractivity contribution is -0.118. The van der Waals surface area contributed by atoms with Crippen molar-refractivity contribution in [3.8, 4) is 6.07 Å². The third-order valence-corrected chi connectivity index (χ3v) is 5.97. The third kappa shape index (κ3) is 6.96. The predicted octanol–water partition coefficient (Wildman–Crippen LogP) is 3.37. The second kappa shape index (κ2) is 11.3. The number of halogens is 1. The molecule has 1 aliphatic carbocycles. The number of nitrogens with zero attached hydrogens (tertiary/aromatic N) is 3. The Bertz CT molecular complexity index is 1020. The molecule has 0 aromatic heterocycles. The van der Waals surface area contributed by atoms with Gasteiger partial charge in [-0.3, -0.25) is 9.79 Å². The number of aliphatic imine (C=N–C) groups is 2. The summed E-state index contributed by atoms with van der Waals surface area (Å²) in [5, 5.41) is 13.0. The van der Waals surface area contributed by atoms with Gasteiger partial charge >= 0.3 is 0 Å². The molecule has 0 bridgehead atoms. The maximum absolute atomic E-state index is 13.1. The minimum atomic E-state index is -1.01. The topological polar surface area (TPSA) is 130 Å². The molecule has 5 N–H and O–H groups in total. The van der Waals surface area contributed by atoms with Crippen molar-refractivity contribution in [3.63, 3.8) is 0 Å². The molecule has 2 aromatic carbocycles. The van der Waals surface area contributed by atoms with E-state index in [1.54, 1.807) is 0 Å². The number of nitrogens with two attached hydrogens (primary N) is 2. The molecule has 0 spiro atoms. The zero-order valence-corrected chi connectivity index (χ0v) is 18.5. The summed E-state index contributed by atoms with van der Waals surface area (Å²) in [6.45, 7) is 0.792. The maximum atomic E-state index is 13.1. The summed E-state index contributed by atoms with van der Waals surface area (Å²) < 4.78 is 13.1. The maximum Gasteiger partial charge on any atom is 0.233 e. The van der Waals surface area contributed by atoms with Gasteiger partial charge < -0.3 is 16.8 Å². The smallest absolute Gasteiger partial charge is 0.233 e. The lowest BCUT2D eigenvalue weighted by Crippen LogP contribution is -2.41.